The number of amides is 3. The number of piperidine rings is 2. The van der Waals surface area contributed by atoms with Crippen LogP contribution >= 0.6 is 0 Å². The van der Waals surface area contributed by atoms with Gasteiger partial charge in [0.15, 0.2) is 0 Å². The molecular weight excluding hydrogens is 786 g/mol. The Morgan fingerprint density at radius 3 is 2.49 bits per heavy atom. The molecule has 1 aromatic heterocycles. The number of rotatable bonds is 10. The lowest BCUT2D eigenvalue weighted by atomic mass is 9.73. The minimum absolute atomic E-state index is 0.0406. The van der Waals surface area contributed by atoms with Gasteiger partial charge in [-0.05, 0) is 107 Å². The van der Waals surface area contributed by atoms with Crippen LogP contribution in [-0.2, 0) is 14.4 Å². The Morgan fingerprint density at radius 1 is 0.934 bits per heavy atom. The summed E-state index contributed by atoms with van der Waals surface area (Å²) in [5, 5.41) is 14.9. The SMILES string of the molecule is CC1CCC(C(=O)NC2CCC(CN3CCN(CNCC4CCN(c5ccc(C6CCC(=O)NC6=O)cn5)CC4)CC3)C(C(F)(F)F)C2)CC1C#CC1CNC2CCCNN12. The number of halogens is 3. The predicted octanol–water partition coefficient (Wildman–Crippen LogP) is 3.40. The van der Waals surface area contributed by atoms with Crippen LogP contribution in [0.5, 0.6) is 0 Å². The zero-order chi connectivity index (χ0) is 42.5. The number of hydrazine groups is 1. The standard InChI is InChI=1S/C45H67F3N10O3/c1-30-4-5-33(23-32(30)7-10-37-27-51-41-3-2-16-52-58(37)41)43(60)53-36-9-6-35(39(24-36)45(46,47)48)28-55-19-21-56(22-20-55)29-49-25-31-14-17-57(18-15-31)40-12-8-34(26-50-40)38-11-13-42(59)54-44(38)61/h8,12,26,30-33,35-39,41,49,51-52H,2-6,9,11,13-25,27-29H2,1H3,(H,53,60)(H,54,59,61). The fraction of sp³-hybridized carbons (Fsp3) is 0.778. The van der Waals surface area contributed by atoms with E-state index in [0.717, 1.165) is 115 Å². The summed E-state index contributed by atoms with van der Waals surface area (Å²) < 4.78 is 43.7. The third-order valence-corrected chi connectivity index (χ3v) is 15.0. The third kappa shape index (κ3) is 11.3. The highest BCUT2D eigenvalue weighted by Crippen LogP contribution is 2.43. The first kappa shape index (κ1) is 44.3. The maximum Gasteiger partial charge on any atom is 0.392 e. The first-order valence-corrected chi connectivity index (χ1v) is 23.3. The van der Waals surface area contributed by atoms with Crippen LogP contribution in [0.2, 0.25) is 0 Å². The number of fused-ring (bicyclic) bond motifs is 1. The van der Waals surface area contributed by atoms with E-state index in [-0.39, 0.29) is 47.9 Å². The molecule has 0 aromatic carbocycles. The van der Waals surface area contributed by atoms with Crippen LogP contribution in [0.15, 0.2) is 18.3 Å². The zero-order valence-electron chi connectivity index (χ0n) is 35.9. The minimum Gasteiger partial charge on any atom is -0.357 e. The van der Waals surface area contributed by atoms with Crippen molar-refractivity contribution in [2.45, 2.75) is 114 Å². The van der Waals surface area contributed by atoms with Crippen LogP contribution in [0.25, 0.3) is 0 Å². The topological polar surface area (TPSA) is 137 Å². The molecule has 3 amide bonds. The predicted molar refractivity (Wildman–Crippen MR) is 226 cm³/mol. The van der Waals surface area contributed by atoms with E-state index < -0.39 is 24.1 Å². The van der Waals surface area contributed by atoms with Gasteiger partial charge < -0.3 is 20.4 Å². The van der Waals surface area contributed by atoms with Crippen LogP contribution < -0.4 is 31.6 Å². The molecule has 61 heavy (non-hydrogen) atoms. The van der Waals surface area contributed by atoms with Crippen LogP contribution in [0.3, 0.4) is 0 Å². The van der Waals surface area contributed by atoms with Crippen molar-refractivity contribution in [1.82, 2.24) is 46.5 Å². The third-order valence-electron chi connectivity index (χ3n) is 15.0. The molecule has 7 aliphatic rings. The van der Waals surface area contributed by atoms with Crippen molar-refractivity contribution in [2.24, 2.45) is 35.5 Å². The van der Waals surface area contributed by atoms with Gasteiger partial charge in [-0.2, -0.15) is 13.2 Å². The zero-order valence-corrected chi connectivity index (χ0v) is 35.9. The molecule has 2 saturated carbocycles. The fourth-order valence-corrected chi connectivity index (χ4v) is 11.1. The van der Waals surface area contributed by atoms with Crippen molar-refractivity contribution in [3.63, 3.8) is 0 Å². The molecule has 16 heteroatoms. The minimum atomic E-state index is -4.30. The first-order chi connectivity index (χ1) is 29.5. The number of aromatic nitrogens is 1. The molecule has 8 rings (SSSR count). The molecule has 5 saturated heterocycles. The molecule has 1 aromatic rings. The highest BCUT2D eigenvalue weighted by atomic mass is 19.4. The Hall–Kier alpha value is -3.33. The molecule has 0 spiro atoms. The number of piperazine rings is 1. The molecule has 7 fully saturated rings. The van der Waals surface area contributed by atoms with Crippen molar-refractivity contribution in [3.05, 3.63) is 23.9 Å². The number of carbonyl (C=O) groups is 3. The van der Waals surface area contributed by atoms with Gasteiger partial charge in [0, 0.05) is 96.1 Å². The van der Waals surface area contributed by atoms with Gasteiger partial charge in [0.2, 0.25) is 17.7 Å². The molecule has 9 unspecified atom stereocenters. The highest BCUT2D eigenvalue weighted by Gasteiger charge is 2.48. The normalized spacial score (nSPS) is 33.7. The number of alkyl halides is 3. The van der Waals surface area contributed by atoms with Gasteiger partial charge in [-0.25, -0.2) is 9.99 Å². The summed E-state index contributed by atoms with van der Waals surface area (Å²) in [5.74, 6) is 6.01. The number of pyridine rings is 1. The monoisotopic (exact) mass is 853 g/mol. The molecule has 336 valence electrons. The molecular formula is C45H67F3N10O3. The number of imide groups is 1. The van der Waals surface area contributed by atoms with E-state index in [2.05, 4.69) is 70.2 Å². The molecule has 0 radical (unpaired) electrons. The number of hydrogen-bond donors (Lipinski definition) is 5. The lowest BCUT2D eigenvalue weighted by Crippen LogP contribution is -2.53. The van der Waals surface area contributed by atoms with Crippen molar-refractivity contribution >= 4 is 23.5 Å². The average molecular weight is 853 g/mol. The Morgan fingerprint density at radius 2 is 1.74 bits per heavy atom. The quantitative estimate of drug-likeness (QED) is 0.175. The van der Waals surface area contributed by atoms with Crippen molar-refractivity contribution in [2.75, 3.05) is 77.0 Å². The summed E-state index contributed by atoms with van der Waals surface area (Å²) >= 11 is 0. The van der Waals surface area contributed by atoms with E-state index in [9.17, 15) is 27.6 Å². The van der Waals surface area contributed by atoms with Crippen LogP contribution in [-0.4, -0.2) is 134 Å². The smallest absolute Gasteiger partial charge is 0.357 e. The Balaban J connectivity index is 0.724. The summed E-state index contributed by atoms with van der Waals surface area (Å²) in [4.78, 5) is 48.8. The van der Waals surface area contributed by atoms with Gasteiger partial charge in [-0.1, -0.05) is 24.8 Å². The van der Waals surface area contributed by atoms with E-state index in [1.807, 2.05) is 12.1 Å². The fourth-order valence-electron chi connectivity index (χ4n) is 11.1. The van der Waals surface area contributed by atoms with Gasteiger partial charge in [0.05, 0.1) is 24.0 Å². The average Bonchev–Trinajstić information content (AvgIpc) is 3.67. The second kappa shape index (κ2) is 20.0. The van der Waals surface area contributed by atoms with E-state index in [4.69, 9.17) is 0 Å². The van der Waals surface area contributed by atoms with E-state index in [1.165, 1.54) is 0 Å². The van der Waals surface area contributed by atoms with Crippen molar-refractivity contribution in [1.29, 1.82) is 0 Å². The molecule has 6 heterocycles. The number of nitrogens with zero attached hydrogens (tertiary/aromatic N) is 5. The summed E-state index contributed by atoms with van der Waals surface area (Å²) in [7, 11) is 0. The largest absolute Gasteiger partial charge is 0.392 e. The van der Waals surface area contributed by atoms with E-state index >= 15 is 0 Å². The molecule has 5 N–H and O–H groups in total. The Labute approximate surface area is 359 Å². The lowest BCUT2D eigenvalue weighted by molar-refractivity contribution is -0.200. The number of nitrogens with one attached hydrogen (secondary N) is 5. The van der Waals surface area contributed by atoms with Gasteiger partial charge in [-0.15, -0.1) is 0 Å². The van der Waals surface area contributed by atoms with Crippen molar-refractivity contribution in [3.8, 4) is 11.8 Å². The molecule has 9 atom stereocenters. The maximum absolute atomic E-state index is 14.6. The number of anilines is 1. The summed E-state index contributed by atoms with van der Waals surface area (Å²) in [5.41, 5.74) is 4.32. The number of hydrogen-bond acceptors (Lipinski definition) is 11. The van der Waals surface area contributed by atoms with E-state index in [0.29, 0.717) is 56.7 Å². The second-order valence-corrected chi connectivity index (χ2v) is 19.1. The van der Waals surface area contributed by atoms with E-state index in [1.54, 1.807) is 6.20 Å². The van der Waals surface area contributed by atoms with Gasteiger partial charge in [0.1, 0.15) is 5.82 Å². The first-order valence-electron chi connectivity index (χ1n) is 23.3. The molecule has 2 aliphatic carbocycles. The Kier molecular flexibility index (Phi) is 14.5. The van der Waals surface area contributed by atoms with Gasteiger partial charge in [0.25, 0.3) is 0 Å². The molecule has 0 bridgehead atoms. The Bertz CT molecular complexity index is 1720. The van der Waals surface area contributed by atoms with Crippen LogP contribution in [0.4, 0.5) is 19.0 Å². The molecule has 5 aliphatic heterocycles. The molecule has 13 nitrogen and oxygen atoms in total. The summed E-state index contributed by atoms with van der Waals surface area (Å²) in [6.45, 7) is 11.1. The lowest BCUT2D eigenvalue weighted by Gasteiger charge is -2.42. The van der Waals surface area contributed by atoms with Gasteiger partial charge >= 0.3 is 6.18 Å². The second-order valence-electron chi connectivity index (χ2n) is 19.1. The maximum atomic E-state index is 14.6. The summed E-state index contributed by atoms with van der Waals surface area (Å²) in [6.07, 6.45) is 6.36. The van der Waals surface area contributed by atoms with Crippen LogP contribution in [0, 0.1) is 47.3 Å². The van der Waals surface area contributed by atoms with Crippen molar-refractivity contribution < 1.29 is 27.6 Å². The summed E-state index contributed by atoms with van der Waals surface area (Å²) in [6, 6.07) is 3.60. The van der Waals surface area contributed by atoms with Gasteiger partial charge in [-0.3, -0.25) is 35.3 Å². The van der Waals surface area contributed by atoms with Crippen LogP contribution in [0.1, 0.15) is 95.5 Å². The highest BCUT2D eigenvalue weighted by molar-refractivity contribution is 6.00. The number of carbonyl (C=O) groups excluding carboxylic acids is 3.